The van der Waals surface area contributed by atoms with Crippen molar-refractivity contribution >= 4 is 12.3 Å². The quantitative estimate of drug-likeness (QED) is 0.549. The zero-order chi connectivity index (χ0) is 10.4. The van der Waals surface area contributed by atoms with Gasteiger partial charge in [0.1, 0.15) is 6.29 Å². The number of carboxylic acid groups (broad SMARTS) is 1. The van der Waals surface area contributed by atoms with Crippen LogP contribution in [-0.4, -0.2) is 22.3 Å². The maximum atomic E-state index is 10.7. The van der Waals surface area contributed by atoms with Crippen molar-refractivity contribution in [1.29, 1.82) is 0 Å². The van der Waals surface area contributed by atoms with Crippen LogP contribution in [0.3, 0.4) is 0 Å². The first-order chi connectivity index (χ1) is 6.75. The predicted molar refractivity (Wildman–Crippen MR) is 48.8 cm³/mol. The Morgan fingerprint density at radius 2 is 2.43 bits per heavy atom. The molecule has 14 heavy (non-hydrogen) atoms. The summed E-state index contributed by atoms with van der Waals surface area (Å²) >= 11 is 0. The first kappa shape index (κ1) is 9.93. The van der Waals surface area contributed by atoms with Crippen LogP contribution in [0, 0.1) is 11.8 Å². The van der Waals surface area contributed by atoms with Crippen LogP contribution < -0.4 is 0 Å². The molecule has 0 radical (unpaired) electrons. The summed E-state index contributed by atoms with van der Waals surface area (Å²) < 4.78 is 0. The molecule has 0 aromatic carbocycles. The fraction of sp³-hybridized carbons (Fsp3) is 0.100. The van der Waals surface area contributed by atoms with Crippen molar-refractivity contribution in [2.24, 2.45) is 0 Å². The molecule has 1 rings (SSSR count). The number of pyridine rings is 1. The number of aromatic nitrogens is 1. The third kappa shape index (κ3) is 2.42. The van der Waals surface area contributed by atoms with Gasteiger partial charge in [0.2, 0.25) is 0 Å². The van der Waals surface area contributed by atoms with E-state index in [1.165, 1.54) is 6.20 Å². The summed E-state index contributed by atoms with van der Waals surface area (Å²) in [5.74, 6) is 3.97. The van der Waals surface area contributed by atoms with E-state index in [2.05, 4.69) is 16.8 Å². The molecule has 70 valence electrons. The van der Waals surface area contributed by atoms with Crippen LogP contribution in [0.1, 0.15) is 22.5 Å². The molecule has 0 aliphatic heterocycles. The fourth-order valence-electron chi connectivity index (χ4n) is 0.865. The molecular weight excluding hydrogens is 182 g/mol. The Morgan fingerprint density at radius 3 is 3.07 bits per heavy atom. The SMILES string of the molecule is O=CCC#Cc1cccnc1C(=O)O. The van der Waals surface area contributed by atoms with Crippen molar-refractivity contribution in [1.82, 2.24) is 4.98 Å². The first-order valence-corrected chi connectivity index (χ1v) is 3.86. The van der Waals surface area contributed by atoms with Gasteiger partial charge in [-0.1, -0.05) is 11.8 Å². The van der Waals surface area contributed by atoms with Crippen LogP contribution in [0.2, 0.25) is 0 Å². The van der Waals surface area contributed by atoms with Crippen molar-refractivity contribution in [3.05, 3.63) is 29.6 Å². The van der Waals surface area contributed by atoms with E-state index in [0.717, 1.165) is 0 Å². The molecule has 4 nitrogen and oxygen atoms in total. The molecule has 0 saturated carbocycles. The Balaban J connectivity index is 3.03. The summed E-state index contributed by atoms with van der Waals surface area (Å²) in [6.45, 7) is 0. The normalized spacial score (nSPS) is 8.57. The van der Waals surface area contributed by atoms with Crippen LogP contribution in [0.4, 0.5) is 0 Å². The van der Waals surface area contributed by atoms with Gasteiger partial charge >= 0.3 is 5.97 Å². The lowest BCUT2D eigenvalue weighted by Crippen LogP contribution is -2.02. The fourth-order valence-corrected chi connectivity index (χ4v) is 0.865. The van der Waals surface area contributed by atoms with Crippen molar-refractivity contribution in [3.8, 4) is 11.8 Å². The van der Waals surface area contributed by atoms with Crippen LogP contribution in [-0.2, 0) is 4.79 Å². The molecule has 0 atom stereocenters. The Bertz CT molecular complexity index is 415. The molecule has 1 N–H and O–H groups in total. The van der Waals surface area contributed by atoms with Gasteiger partial charge in [-0.15, -0.1) is 0 Å². The topological polar surface area (TPSA) is 67.3 Å². The smallest absolute Gasteiger partial charge is 0.355 e. The highest BCUT2D eigenvalue weighted by molar-refractivity contribution is 5.88. The Labute approximate surface area is 80.6 Å². The van der Waals surface area contributed by atoms with Gasteiger partial charge < -0.3 is 9.90 Å². The van der Waals surface area contributed by atoms with E-state index in [4.69, 9.17) is 5.11 Å². The van der Waals surface area contributed by atoms with Crippen LogP contribution in [0.5, 0.6) is 0 Å². The third-order valence-electron chi connectivity index (χ3n) is 1.42. The molecule has 1 aromatic rings. The molecule has 1 heterocycles. The van der Waals surface area contributed by atoms with Gasteiger partial charge in [0, 0.05) is 6.20 Å². The average Bonchev–Trinajstić information content (AvgIpc) is 2.19. The van der Waals surface area contributed by atoms with Crippen molar-refractivity contribution in [3.63, 3.8) is 0 Å². The number of nitrogens with zero attached hydrogens (tertiary/aromatic N) is 1. The van der Waals surface area contributed by atoms with E-state index < -0.39 is 5.97 Å². The Hall–Kier alpha value is -2.15. The van der Waals surface area contributed by atoms with Crippen molar-refractivity contribution < 1.29 is 14.7 Å². The maximum absolute atomic E-state index is 10.7. The highest BCUT2D eigenvalue weighted by atomic mass is 16.4. The van der Waals surface area contributed by atoms with E-state index in [0.29, 0.717) is 11.8 Å². The monoisotopic (exact) mass is 189 g/mol. The second-order valence-corrected chi connectivity index (χ2v) is 2.38. The van der Waals surface area contributed by atoms with Gasteiger partial charge in [-0.2, -0.15) is 0 Å². The highest BCUT2D eigenvalue weighted by Crippen LogP contribution is 2.02. The van der Waals surface area contributed by atoms with Crippen molar-refractivity contribution in [2.75, 3.05) is 0 Å². The van der Waals surface area contributed by atoms with E-state index in [1.54, 1.807) is 12.1 Å². The Morgan fingerprint density at radius 1 is 1.64 bits per heavy atom. The van der Waals surface area contributed by atoms with Crippen molar-refractivity contribution in [2.45, 2.75) is 6.42 Å². The first-order valence-electron chi connectivity index (χ1n) is 3.86. The minimum atomic E-state index is -1.12. The molecule has 0 amide bonds. The van der Waals surface area contributed by atoms with Crippen LogP contribution in [0.15, 0.2) is 18.3 Å². The lowest BCUT2D eigenvalue weighted by molar-refractivity contribution is -0.107. The molecule has 1 aromatic heterocycles. The summed E-state index contributed by atoms with van der Waals surface area (Å²) in [6.07, 6.45) is 2.13. The van der Waals surface area contributed by atoms with E-state index in [1.807, 2.05) is 0 Å². The zero-order valence-corrected chi connectivity index (χ0v) is 7.23. The molecule has 0 unspecified atom stereocenters. The summed E-state index contributed by atoms with van der Waals surface area (Å²) in [5, 5.41) is 8.72. The second-order valence-electron chi connectivity index (χ2n) is 2.38. The molecule has 0 bridgehead atoms. The molecule has 0 aliphatic rings. The van der Waals surface area contributed by atoms with E-state index in [9.17, 15) is 9.59 Å². The number of carboxylic acids is 1. The van der Waals surface area contributed by atoms with Gasteiger partial charge in [-0.05, 0) is 12.1 Å². The molecule has 4 heteroatoms. The summed E-state index contributed by atoms with van der Waals surface area (Å²) in [6, 6.07) is 3.14. The zero-order valence-electron chi connectivity index (χ0n) is 7.23. The number of hydrogen-bond donors (Lipinski definition) is 1. The summed E-state index contributed by atoms with van der Waals surface area (Å²) in [4.78, 5) is 24.3. The van der Waals surface area contributed by atoms with E-state index >= 15 is 0 Å². The van der Waals surface area contributed by atoms with Crippen LogP contribution >= 0.6 is 0 Å². The second kappa shape index (κ2) is 4.77. The van der Waals surface area contributed by atoms with Gasteiger partial charge in [0.15, 0.2) is 5.69 Å². The molecular formula is C10H7NO3. The summed E-state index contributed by atoms with van der Waals surface area (Å²) in [7, 11) is 0. The number of carbonyl (C=O) groups is 2. The minimum Gasteiger partial charge on any atom is -0.476 e. The number of rotatable bonds is 2. The van der Waals surface area contributed by atoms with E-state index in [-0.39, 0.29) is 12.1 Å². The number of carbonyl (C=O) groups excluding carboxylic acids is 1. The number of aromatic carboxylic acids is 1. The number of hydrogen-bond acceptors (Lipinski definition) is 3. The highest BCUT2D eigenvalue weighted by Gasteiger charge is 2.07. The summed E-state index contributed by atoms with van der Waals surface area (Å²) in [5.41, 5.74) is 0.229. The predicted octanol–water partition coefficient (Wildman–Crippen LogP) is 0.720. The largest absolute Gasteiger partial charge is 0.476 e. The minimum absolute atomic E-state index is 0.0912. The molecule has 0 spiro atoms. The van der Waals surface area contributed by atoms with Crippen LogP contribution in [0.25, 0.3) is 0 Å². The average molecular weight is 189 g/mol. The molecule has 0 aliphatic carbocycles. The van der Waals surface area contributed by atoms with Gasteiger partial charge in [-0.25, -0.2) is 9.78 Å². The number of aldehydes is 1. The molecule has 0 fully saturated rings. The third-order valence-corrected chi connectivity index (χ3v) is 1.42. The maximum Gasteiger partial charge on any atom is 0.355 e. The Kier molecular flexibility index (Phi) is 3.39. The molecule has 0 saturated heterocycles. The van der Waals surface area contributed by atoms with Gasteiger partial charge in [0.05, 0.1) is 12.0 Å². The lowest BCUT2D eigenvalue weighted by atomic mass is 10.2. The standard InChI is InChI=1S/C10H7NO3/c12-7-2-1-4-8-5-3-6-11-9(8)10(13)14/h3,5-7H,2H2,(H,13,14). The van der Waals surface area contributed by atoms with Gasteiger partial charge in [0.25, 0.3) is 0 Å². The van der Waals surface area contributed by atoms with Gasteiger partial charge in [-0.3, -0.25) is 0 Å². The lowest BCUT2D eigenvalue weighted by Gasteiger charge is -1.95.